The average Bonchev–Trinajstić information content (AvgIpc) is 2.28. The average molecular weight is 227 g/mol. The van der Waals surface area contributed by atoms with E-state index in [1.807, 2.05) is 0 Å². The molecule has 4 heteroatoms. The van der Waals surface area contributed by atoms with Gasteiger partial charge in [-0.15, -0.1) is 0 Å². The Morgan fingerprint density at radius 2 is 1.88 bits per heavy atom. The topological polar surface area (TPSA) is 66.4 Å². The van der Waals surface area contributed by atoms with Gasteiger partial charge in [0.2, 0.25) is 5.91 Å². The third-order valence-electron chi connectivity index (χ3n) is 3.18. The minimum Gasteiger partial charge on any atom is -0.480 e. The van der Waals surface area contributed by atoms with E-state index < -0.39 is 5.97 Å². The molecular formula is C12H21NO3. The Hall–Kier alpha value is -1.06. The van der Waals surface area contributed by atoms with Crippen LogP contribution in [0.15, 0.2) is 0 Å². The number of carboxylic acid groups (broad SMARTS) is 1. The van der Waals surface area contributed by atoms with E-state index in [0.717, 1.165) is 18.8 Å². The van der Waals surface area contributed by atoms with Crippen LogP contribution in [0.4, 0.5) is 0 Å². The summed E-state index contributed by atoms with van der Waals surface area (Å²) in [5.41, 5.74) is 0. The molecule has 2 N–H and O–H groups in total. The van der Waals surface area contributed by atoms with Gasteiger partial charge in [0, 0.05) is 6.42 Å². The molecule has 1 aliphatic carbocycles. The van der Waals surface area contributed by atoms with Crippen molar-refractivity contribution in [1.29, 1.82) is 0 Å². The van der Waals surface area contributed by atoms with Crippen LogP contribution in [0, 0.1) is 5.92 Å². The van der Waals surface area contributed by atoms with Crippen LogP contribution in [0.1, 0.15) is 51.4 Å². The monoisotopic (exact) mass is 227 g/mol. The standard InChI is InChI=1S/C12H21NO3/c14-11(13-9-12(15)16)8-4-7-10-5-2-1-3-6-10/h10H,1-9H2,(H,13,14)(H,15,16). The van der Waals surface area contributed by atoms with Gasteiger partial charge >= 0.3 is 5.97 Å². The fourth-order valence-electron chi connectivity index (χ4n) is 2.29. The lowest BCUT2D eigenvalue weighted by Crippen LogP contribution is -2.29. The van der Waals surface area contributed by atoms with Gasteiger partial charge in [-0.1, -0.05) is 32.1 Å². The number of carbonyl (C=O) groups excluding carboxylic acids is 1. The maximum absolute atomic E-state index is 11.2. The molecule has 4 nitrogen and oxygen atoms in total. The molecule has 0 atom stereocenters. The number of rotatable bonds is 6. The number of aliphatic carboxylic acids is 1. The van der Waals surface area contributed by atoms with Gasteiger partial charge in [-0.3, -0.25) is 9.59 Å². The number of hydrogen-bond acceptors (Lipinski definition) is 2. The van der Waals surface area contributed by atoms with Crippen LogP contribution in [0.3, 0.4) is 0 Å². The van der Waals surface area contributed by atoms with Crippen LogP contribution in [-0.2, 0) is 9.59 Å². The smallest absolute Gasteiger partial charge is 0.322 e. The fraction of sp³-hybridized carbons (Fsp3) is 0.833. The molecule has 0 aromatic rings. The highest BCUT2D eigenvalue weighted by molar-refractivity contribution is 5.80. The quantitative estimate of drug-likeness (QED) is 0.728. The number of hydrogen-bond donors (Lipinski definition) is 2. The summed E-state index contributed by atoms with van der Waals surface area (Å²) < 4.78 is 0. The third kappa shape index (κ3) is 5.73. The van der Waals surface area contributed by atoms with Gasteiger partial charge in [0.1, 0.15) is 6.54 Å². The van der Waals surface area contributed by atoms with Crippen molar-refractivity contribution in [3.8, 4) is 0 Å². The maximum Gasteiger partial charge on any atom is 0.322 e. The van der Waals surface area contributed by atoms with Gasteiger partial charge in [0.05, 0.1) is 0 Å². The first-order chi connectivity index (χ1) is 7.68. The number of carbonyl (C=O) groups is 2. The zero-order valence-corrected chi connectivity index (χ0v) is 9.71. The molecule has 0 radical (unpaired) electrons. The van der Waals surface area contributed by atoms with E-state index in [0.29, 0.717) is 6.42 Å². The normalized spacial score (nSPS) is 17.0. The first kappa shape index (κ1) is 13.0. The molecule has 1 fully saturated rings. The van der Waals surface area contributed by atoms with Gasteiger partial charge in [0.25, 0.3) is 0 Å². The molecule has 0 aliphatic heterocycles. The first-order valence-electron chi connectivity index (χ1n) is 6.17. The van der Waals surface area contributed by atoms with E-state index in [1.165, 1.54) is 32.1 Å². The van der Waals surface area contributed by atoms with Gasteiger partial charge in [-0.25, -0.2) is 0 Å². The molecule has 1 aliphatic rings. The minimum absolute atomic E-state index is 0.141. The Kier molecular flexibility index (Phi) is 5.90. The highest BCUT2D eigenvalue weighted by Gasteiger charge is 2.13. The number of carboxylic acids is 1. The zero-order chi connectivity index (χ0) is 11.8. The van der Waals surface area contributed by atoms with Crippen molar-refractivity contribution >= 4 is 11.9 Å². The summed E-state index contributed by atoms with van der Waals surface area (Å²) >= 11 is 0. The highest BCUT2D eigenvalue weighted by Crippen LogP contribution is 2.27. The van der Waals surface area contributed by atoms with E-state index in [9.17, 15) is 9.59 Å². The lowest BCUT2D eigenvalue weighted by atomic mass is 9.86. The second kappa shape index (κ2) is 7.25. The van der Waals surface area contributed by atoms with Crippen LogP contribution >= 0.6 is 0 Å². The summed E-state index contributed by atoms with van der Waals surface area (Å²) in [4.78, 5) is 21.4. The van der Waals surface area contributed by atoms with Gasteiger partial charge < -0.3 is 10.4 Å². The van der Waals surface area contributed by atoms with Crippen molar-refractivity contribution in [3.05, 3.63) is 0 Å². The Bertz CT molecular complexity index is 234. The fourth-order valence-corrected chi connectivity index (χ4v) is 2.29. The van der Waals surface area contributed by atoms with E-state index >= 15 is 0 Å². The third-order valence-corrected chi connectivity index (χ3v) is 3.18. The molecule has 0 saturated heterocycles. The summed E-state index contributed by atoms with van der Waals surface area (Å²) in [6.07, 6.45) is 9.08. The summed E-state index contributed by atoms with van der Waals surface area (Å²) in [5, 5.41) is 10.8. The van der Waals surface area contributed by atoms with Crippen molar-refractivity contribution < 1.29 is 14.7 Å². The highest BCUT2D eigenvalue weighted by atomic mass is 16.4. The molecule has 16 heavy (non-hydrogen) atoms. The Balaban J connectivity index is 2.01. The first-order valence-corrected chi connectivity index (χ1v) is 6.17. The van der Waals surface area contributed by atoms with E-state index in [-0.39, 0.29) is 12.5 Å². The SMILES string of the molecule is O=C(O)CNC(=O)CCCC1CCCCC1. The lowest BCUT2D eigenvalue weighted by Gasteiger charge is -2.21. The van der Waals surface area contributed by atoms with E-state index in [2.05, 4.69) is 5.32 Å². The second-order valence-electron chi connectivity index (χ2n) is 4.57. The number of amides is 1. The van der Waals surface area contributed by atoms with Crippen molar-refractivity contribution in [3.63, 3.8) is 0 Å². The molecule has 1 saturated carbocycles. The molecule has 0 aromatic heterocycles. The minimum atomic E-state index is -0.986. The summed E-state index contributed by atoms with van der Waals surface area (Å²) in [6.45, 7) is -0.262. The second-order valence-corrected chi connectivity index (χ2v) is 4.57. The maximum atomic E-state index is 11.2. The molecule has 0 aromatic carbocycles. The molecule has 1 rings (SSSR count). The van der Waals surface area contributed by atoms with Gasteiger partial charge in [-0.2, -0.15) is 0 Å². The predicted molar refractivity (Wildman–Crippen MR) is 61.1 cm³/mol. The van der Waals surface area contributed by atoms with Crippen LogP contribution < -0.4 is 5.32 Å². The number of nitrogens with one attached hydrogen (secondary N) is 1. The van der Waals surface area contributed by atoms with E-state index in [1.54, 1.807) is 0 Å². The largest absolute Gasteiger partial charge is 0.480 e. The van der Waals surface area contributed by atoms with Crippen LogP contribution in [0.2, 0.25) is 0 Å². The summed E-state index contributed by atoms with van der Waals surface area (Å²) in [5.74, 6) is -0.333. The van der Waals surface area contributed by atoms with Crippen LogP contribution in [-0.4, -0.2) is 23.5 Å². The van der Waals surface area contributed by atoms with Crippen molar-refractivity contribution in [1.82, 2.24) is 5.32 Å². The Morgan fingerprint density at radius 3 is 2.50 bits per heavy atom. The molecule has 0 heterocycles. The Morgan fingerprint density at radius 1 is 1.19 bits per heavy atom. The molecule has 92 valence electrons. The molecule has 0 bridgehead atoms. The van der Waals surface area contributed by atoms with Crippen molar-refractivity contribution in [2.75, 3.05) is 6.54 Å². The zero-order valence-electron chi connectivity index (χ0n) is 9.71. The van der Waals surface area contributed by atoms with Gasteiger partial charge in [-0.05, 0) is 18.8 Å². The van der Waals surface area contributed by atoms with Crippen LogP contribution in [0.5, 0.6) is 0 Å². The predicted octanol–water partition coefficient (Wildman–Crippen LogP) is 1.94. The lowest BCUT2D eigenvalue weighted by molar-refractivity contribution is -0.137. The van der Waals surface area contributed by atoms with E-state index in [4.69, 9.17) is 5.11 Å². The molecule has 0 spiro atoms. The van der Waals surface area contributed by atoms with Crippen molar-refractivity contribution in [2.24, 2.45) is 5.92 Å². The van der Waals surface area contributed by atoms with Gasteiger partial charge in [0.15, 0.2) is 0 Å². The van der Waals surface area contributed by atoms with Crippen LogP contribution in [0.25, 0.3) is 0 Å². The summed E-state index contributed by atoms with van der Waals surface area (Å²) in [7, 11) is 0. The molecule has 0 unspecified atom stereocenters. The Labute approximate surface area is 96.4 Å². The molecule has 1 amide bonds. The molecular weight excluding hydrogens is 206 g/mol. The summed E-state index contributed by atoms with van der Waals surface area (Å²) in [6, 6.07) is 0. The van der Waals surface area contributed by atoms with Crippen molar-refractivity contribution in [2.45, 2.75) is 51.4 Å².